The Bertz CT molecular complexity index is 705. The molecule has 2 aromatic carbocycles. The van der Waals surface area contributed by atoms with E-state index in [0.29, 0.717) is 5.69 Å². The Kier molecular flexibility index (Phi) is 6.96. The number of nitrogens with one attached hydrogen (secondary N) is 1. The van der Waals surface area contributed by atoms with Crippen molar-refractivity contribution in [1.29, 1.82) is 0 Å². The van der Waals surface area contributed by atoms with Crippen LogP contribution in [0.3, 0.4) is 0 Å². The summed E-state index contributed by atoms with van der Waals surface area (Å²) in [7, 11) is 0. The van der Waals surface area contributed by atoms with Crippen LogP contribution >= 0.6 is 34.8 Å². The molecule has 0 aromatic heterocycles. The van der Waals surface area contributed by atoms with Gasteiger partial charge < -0.3 is 10.5 Å². The molecular formula is C18H19Cl3N2O2. The molecule has 3 N–H and O–H groups in total. The Balaban J connectivity index is 2.04. The summed E-state index contributed by atoms with van der Waals surface area (Å²) in [4.78, 5) is 11.8. The molecule has 2 rings (SSSR count). The average molecular weight is 402 g/mol. The predicted octanol–water partition coefficient (Wildman–Crippen LogP) is 5.41. The first-order chi connectivity index (χ1) is 11.8. The number of anilines is 1. The molecule has 2 atom stereocenters. The van der Waals surface area contributed by atoms with E-state index in [0.717, 1.165) is 11.1 Å². The lowest BCUT2D eigenvalue weighted by atomic mass is 9.89. The second kappa shape index (κ2) is 8.77. The number of carbonyl (C=O) groups is 1. The van der Waals surface area contributed by atoms with Crippen LogP contribution in [-0.4, -0.2) is 16.5 Å². The Labute approximate surface area is 162 Å². The quantitative estimate of drug-likeness (QED) is 0.658. The summed E-state index contributed by atoms with van der Waals surface area (Å²) in [6.45, 7) is 1.70. The number of carbonyl (C=O) groups excluding carboxylic acids is 1. The molecule has 0 radical (unpaired) electrons. The highest BCUT2D eigenvalue weighted by atomic mass is 35.6. The minimum atomic E-state index is -1.64. The van der Waals surface area contributed by atoms with Gasteiger partial charge >= 0.3 is 6.09 Å². The van der Waals surface area contributed by atoms with Crippen molar-refractivity contribution in [3.05, 3.63) is 65.7 Å². The maximum atomic E-state index is 11.8. The number of rotatable bonds is 5. The predicted molar refractivity (Wildman–Crippen MR) is 103 cm³/mol. The molecule has 0 fully saturated rings. The average Bonchev–Trinajstić information content (AvgIpc) is 2.59. The smallest absolute Gasteiger partial charge is 0.411 e. The number of amides is 1. The van der Waals surface area contributed by atoms with Crippen LogP contribution in [0.1, 0.15) is 30.0 Å². The van der Waals surface area contributed by atoms with Crippen molar-refractivity contribution < 1.29 is 9.53 Å². The lowest BCUT2D eigenvalue weighted by Crippen LogP contribution is -2.21. The van der Waals surface area contributed by atoms with Crippen molar-refractivity contribution in [2.75, 3.05) is 11.9 Å². The number of nitrogens with two attached hydrogens (primary N) is 1. The molecule has 0 heterocycles. The van der Waals surface area contributed by atoms with Crippen molar-refractivity contribution in [1.82, 2.24) is 0 Å². The highest BCUT2D eigenvalue weighted by molar-refractivity contribution is 6.67. The van der Waals surface area contributed by atoms with E-state index >= 15 is 0 Å². The fourth-order valence-electron chi connectivity index (χ4n) is 2.37. The molecular weight excluding hydrogens is 383 g/mol. The van der Waals surface area contributed by atoms with Crippen LogP contribution in [0.5, 0.6) is 0 Å². The molecule has 1 amide bonds. The van der Waals surface area contributed by atoms with Gasteiger partial charge in [0.25, 0.3) is 0 Å². The van der Waals surface area contributed by atoms with E-state index in [1.807, 2.05) is 55.5 Å². The standard InChI is InChI=1S/C18H19Cl3N2O2/c1-12(16(22)13-6-3-2-4-7-13)14-8-5-9-15(10-14)23-17(24)25-11-18(19,20)21/h2-10,12,16H,11,22H2,1H3,(H,23,24). The second-order valence-corrected chi connectivity index (χ2v) is 8.18. The fourth-order valence-corrected chi connectivity index (χ4v) is 2.54. The Morgan fingerprint density at radius 1 is 1.12 bits per heavy atom. The molecule has 25 heavy (non-hydrogen) atoms. The lowest BCUT2D eigenvalue weighted by Gasteiger charge is -2.21. The number of hydrogen-bond donors (Lipinski definition) is 2. The summed E-state index contributed by atoms with van der Waals surface area (Å²) in [5.74, 6) is 0.0568. The van der Waals surface area contributed by atoms with Crippen LogP contribution in [-0.2, 0) is 4.74 Å². The zero-order chi connectivity index (χ0) is 18.4. The van der Waals surface area contributed by atoms with Crippen LogP contribution in [0.15, 0.2) is 54.6 Å². The molecule has 0 spiro atoms. The van der Waals surface area contributed by atoms with E-state index in [1.165, 1.54) is 0 Å². The fraction of sp³-hybridized carbons (Fsp3) is 0.278. The first-order valence-electron chi connectivity index (χ1n) is 7.67. The summed E-state index contributed by atoms with van der Waals surface area (Å²) in [5.41, 5.74) is 8.99. The zero-order valence-corrected chi connectivity index (χ0v) is 15.9. The molecule has 2 aromatic rings. The molecule has 0 aliphatic carbocycles. The third kappa shape index (κ3) is 6.40. The van der Waals surface area contributed by atoms with Crippen LogP contribution in [0, 0.1) is 0 Å². The molecule has 0 bridgehead atoms. The molecule has 134 valence electrons. The van der Waals surface area contributed by atoms with Gasteiger partial charge in [-0.25, -0.2) is 4.79 Å². The van der Waals surface area contributed by atoms with E-state index in [2.05, 4.69) is 5.32 Å². The first kappa shape index (κ1) is 19.9. The van der Waals surface area contributed by atoms with Gasteiger partial charge in [0.2, 0.25) is 3.79 Å². The number of alkyl halides is 3. The van der Waals surface area contributed by atoms with Gasteiger partial charge in [-0.2, -0.15) is 0 Å². The van der Waals surface area contributed by atoms with Crippen LogP contribution in [0.2, 0.25) is 0 Å². The van der Waals surface area contributed by atoms with Gasteiger partial charge in [0, 0.05) is 17.6 Å². The lowest BCUT2D eigenvalue weighted by molar-refractivity contribution is 0.164. The molecule has 0 saturated heterocycles. The van der Waals surface area contributed by atoms with Crippen LogP contribution < -0.4 is 11.1 Å². The molecule has 4 nitrogen and oxygen atoms in total. The summed E-state index contributed by atoms with van der Waals surface area (Å²) in [5, 5.41) is 2.61. The topological polar surface area (TPSA) is 64.3 Å². The summed E-state index contributed by atoms with van der Waals surface area (Å²) in [6.07, 6.45) is -0.691. The number of halogens is 3. The minimum Gasteiger partial charge on any atom is -0.445 e. The van der Waals surface area contributed by atoms with E-state index in [-0.39, 0.29) is 18.6 Å². The largest absolute Gasteiger partial charge is 0.445 e. The van der Waals surface area contributed by atoms with Crippen molar-refractivity contribution in [2.45, 2.75) is 22.7 Å². The highest BCUT2D eigenvalue weighted by Crippen LogP contribution is 2.30. The second-order valence-electron chi connectivity index (χ2n) is 5.67. The third-order valence-corrected chi connectivity index (χ3v) is 4.08. The van der Waals surface area contributed by atoms with Crippen molar-refractivity contribution in [3.8, 4) is 0 Å². The third-order valence-electron chi connectivity index (χ3n) is 3.75. The van der Waals surface area contributed by atoms with Gasteiger partial charge in [-0.1, -0.05) is 84.2 Å². The zero-order valence-electron chi connectivity index (χ0n) is 13.6. The van der Waals surface area contributed by atoms with E-state index < -0.39 is 9.89 Å². The van der Waals surface area contributed by atoms with Gasteiger partial charge in [-0.3, -0.25) is 5.32 Å². The van der Waals surface area contributed by atoms with E-state index in [4.69, 9.17) is 45.3 Å². The molecule has 2 unspecified atom stereocenters. The summed E-state index contributed by atoms with van der Waals surface area (Å²) in [6, 6.07) is 17.1. The Morgan fingerprint density at radius 3 is 2.40 bits per heavy atom. The maximum Gasteiger partial charge on any atom is 0.411 e. The van der Waals surface area contributed by atoms with E-state index in [9.17, 15) is 4.79 Å². The van der Waals surface area contributed by atoms with Crippen molar-refractivity contribution >= 4 is 46.6 Å². The van der Waals surface area contributed by atoms with Crippen LogP contribution in [0.25, 0.3) is 0 Å². The number of hydrogen-bond acceptors (Lipinski definition) is 3. The Morgan fingerprint density at radius 2 is 1.76 bits per heavy atom. The van der Waals surface area contributed by atoms with Gasteiger partial charge in [-0.15, -0.1) is 0 Å². The summed E-state index contributed by atoms with van der Waals surface area (Å²) >= 11 is 16.7. The van der Waals surface area contributed by atoms with Gasteiger partial charge in [-0.05, 0) is 23.3 Å². The normalized spacial score (nSPS) is 13.8. The van der Waals surface area contributed by atoms with E-state index in [1.54, 1.807) is 6.07 Å². The maximum absolute atomic E-state index is 11.8. The Hall–Kier alpha value is -1.46. The van der Waals surface area contributed by atoms with Crippen molar-refractivity contribution in [2.24, 2.45) is 5.73 Å². The molecule has 0 aliphatic heterocycles. The van der Waals surface area contributed by atoms with Crippen LogP contribution in [0.4, 0.5) is 10.5 Å². The molecule has 0 saturated carbocycles. The van der Waals surface area contributed by atoms with Crippen molar-refractivity contribution in [3.63, 3.8) is 0 Å². The highest BCUT2D eigenvalue weighted by Gasteiger charge is 2.22. The number of benzene rings is 2. The monoisotopic (exact) mass is 400 g/mol. The molecule has 7 heteroatoms. The van der Waals surface area contributed by atoms with Gasteiger partial charge in [0.15, 0.2) is 0 Å². The minimum absolute atomic E-state index is 0.0568. The first-order valence-corrected chi connectivity index (χ1v) is 8.80. The number of ether oxygens (including phenoxy) is 1. The molecule has 0 aliphatic rings. The van der Waals surface area contributed by atoms with Gasteiger partial charge in [0.1, 0.15) is 6.61 Å². The SMILES string of the molecule is CC(c1cccc(NC(=O)OCC(Cl)(Cl)Cl)c1)C(N)c1ccccc1. The van der Waals surface area contributed by atoms with Gasteiger partial charge in [0.05, 0.1) is 0 Å². The summed E-state index contributed by atoms with van der Waals surface area (Å²) < 4.78 is 3.21.